The fourth-order valence-electron chi connectivity index (χ4n) is 3.37. The summed E-state index contributed by atoms with van der Waals surface area (Å²) in [6.45, 7) is 1.60. The summed E-state index contributed by atoms with van der Waals surface area (Å²) in [5, 5.41) is 16.3. The van der Waals surface area contributed by atoms with Crippen LogP contribution in [0.3, 0.4) is 0 Å². The second-order valence-electron chi connectivity index (χ2n) is 7.43. The van der Waals surface area contributed by atoms with Gasteiger partial charge in [-0.25, -0.2) is 9.37 Å². The van der Waals surface area contributed by atoms with Crippen molar-refractivity contribution in [2.45, 2.75) is 13.5 Å². The van der Waals surface area contributed by atoms with Crippen LogP contribution in [-0.2, 0) is 6.61 Å². The highest BCUT2D eigenvalue weighted by Gasteiger charge is 2.22. The molecule has 0 fully saturated rings. The second kappa shape index (κ2) is 10.0. The molecule has 0 amide bonds. The van der Waals surface area contributed by atoms with Crippen LogP contribution in [0.1, 0.15) is 17.0 Å². The largest absolute Gasteiger partial charge is 0.493 e. The summed E-state index contributed by atoms with van der Waals surface area (Å²) in [4.78, 5) is 28.5. The van der Waals surface area contributed by atoms with Gasteiger partial charge in [-0.1, -0.05) is 28.1 Å². The van der Waals surface area contributed by atoms with E-state index in [1.54, 1.807) is 25.1 Å². The maximum absolute atomic E-state index is 13.1. The highest BCUT2D eigenvalue weighted by atomic mass is 79.9. The number of nitrogens with zero attached hydrogens (tertiary/aromatic N) is 4. The van der Waals surface area contributed by atoms with Gasteiger partial charge in [0.25, 0.3) is 5.56 Å². The number of benzene rings is 3. The third-order valence-corrected chi connectivity index (χ3v) is 5.56. The minimum Gasteiger partial charge on any atom is -0.493 e. The van der Waals surface area contributed by atoms with Crippen LogP contribution < -0.4 is 15.0 Å². The number of hydrogen-bond donors (Lipinski definition) is 0. The van der Waals surface area contributed by atoms with Gasteiger partial charge in [0.05, 0.1) is 29.2 Å². The Morgan fingerprint density at radius 3 is 2.63 bits per heavy atom. The highest BCUT2D eigenvalue weighted by Crippen LogP contribution is 2.38. The summed E-state index contributed by atoms with van der Waals surface area (Å²) in [5.41, 5.74) is 0.729. The van der Waals surface area contributed by atoms with Crippen LogP contribution in [0.2, 0.25) is 0 Å². The van der Waals surface area contributed by atoms with Crippen LogP contribution in [-0.4, -0.2) is 27.9 Å². The van der Waals surface area contributed by atoms with Crippen LogP contribution in [0, 0.1) is 22.9 Å². The van der Waals surface area contributed by atoms with Crippen LogP contribution >= 0.6 is 15.9 Å². The molecule has 1 aromatic heterocycles. The molecule has 3 aromatic carbocycles. The van der Waals surface area contributed by atoms with Gasteiger partial charge < -0.3 is 9.47 Å². The number of ether oxygens (including phenoxy) is 2. The molecule has 9 nitrogen and oxygen atoms in total. The van der Waals surface area contributed by atoms with Gasteiger partial charge in [-0.2, -0.15) is 9.78 Å². The van der Waals surface area contributed by atoms with E-state index in [9.17, 15) is 19.3 Å². The van der Waals surface area contributed by atoms with Gasteiger partial charge in [-0.05, 0) is 48.9 Å². The number of aromatic nitrogens is 2. The van der Waals surface area contributed by atoms with Gasteiger partial charge in [-0.3, -0.25) is 14.9 Å². The Morgan fingerprint density at radius 1 is 1.20 bits per heavy atom. The zero-order valence-electron chi connectivity index (χ0n) is 18.6. The number of methoxy groups -OCH3 is 1. The number of halogens is 2. The molecular formula is C24H18BrFN4O5. The normalized spacial score (nSPS) is 11.2. The summed E-state index contributed by atoms with van der Waals surface area (Å²) >= 11 is 3.34. The predicted octanol–water partition coefficient (Wildman–Crippen LogP) is 4.98. The average molecular weight is 541 g/mol. The van der Waals surface area contributed by atoms with Crippen molar-refractivity contribution < 1.29 is 18.8 Å². The number of rotatable bonds is 7. The van der Waals surface area contributed by atoms with Crippen molar-refractivity contribution in [2.75, 3.05) is 7.11 Å². The van der Waals surface area contributed by atoms with Crippen molar-refractivity contribution in [2.24, 2.45) is 5.10 Å². The van der Waals surface area contributed by atoms with Crippen molar-refractivity contribution >= 4 is 38.7 Å². The molecular weight excluding hydrogens is 523 g/mol. The van der Waals surface area contributed by atoms with E-state index in [-0.39, 0.29) is 29.4 Å². The lowest BCUT2D eigenvalue weighted by Crippen LogP contribution is -2.20. The molecule has 1 heterocycles. The van der Waals surface area contributed by atoms with Gasteiger partial charge in [0.2, 0.25) is 5.75 Å². The van der Waals surface area contributed by atoms with Crippen molar-refractivity contribution in [3.63, 3.8) is 0 Å². The summed E-state index contributed by atoms with van der Waals surface area (Å²) in [7, 11) is 1.35. The Morgan fingerprint density at radius 2 is 1.94 bits per heavy atom. The third-order valence-electron chi connectivity index (χ3n) is 5.06. The van der Waals surface area contributed by atoms with Crippen molar-refractivity contribution in [1.29, 1.82) is 0 Å². The molecule has 0 atom stereocenters. The molecule has 0 N–H and O–H groups in total. The molecule has 0 saturated carbocycles. The fraction of sp³-hybridized carbons (Fsp3) is 0.125. The molecule has 0 bridgehead atoms. The zero-order valence-corrected chi connectivity index (χ0v) is 20.2. The summed E-state index contributed by atoms with van der Waals surface area (Å²) in [5.74, 6) is -0.0247. The fourth-order valence-corrected chi connectivity index (χ4v) is 3.73. The smallest absolute Gasteiger partial charge is 0.315 e. The Balaban J connectivity index is 1.70. The minimum atomic E-state index is -0.605. The highest BCUT2D eigenvalue weighted by molar-refractivity contribution is 9.10. The van der Waals surface area contributed by atoms with Crippen LogP contribution in [0.4, 0.5) is 10.1 Å². The Bertz CT molecular complexity index is 1520. The Labute approximate surface area is 206 Å². The lowest BCUT2D eigenvalue weighted by atomic mass is 10.1. The van der Waals surface area contributed by atoms with E-state index in [1.165, 1.54) is 49.7 Å². The maximum Gasteiger partial charge on any atom is 0.315 e. The lowest BCUT2D eigenvalue weighted by Gasteiger charge is -2.12. The molecule has 4 aromatic rings. The van der Waals surface area contributed by atoms with E-state index in [4.69, 9.17) is 9.47 Å². The number of hydrogen-bond acceptors (Lipinski definition) is 7. The maximum atomic E-state index is 13.1. The molecule has 4 rings (SSSR count). The molecule has 0 unspecified atom stereocenters. The molecule has 11 heteroatoms. The molecule has 0 spiro atoms. The summed E-state index contributed by atoms with van der Waals surface area (Å²) in [6.07, 6.45) is 1.30. The Hall–Kier alpha value is -4.12. The van der Waals surface area contributed by atoms with Crippen LogP contribution in [0.5, 0.6) is 11.5 Å². The standard InChI is InChI=1S/C24H18BrFN4O5/c1-14-28-20-8-5-17(25)11-19(20)24(31)29(14)27-12-16-9-21(30(32)33)23(22(10-16)34-2)35-13-15-3-6-18(26)7-4-15/h3-12H,13H2,1-2H3. The zero-order chi connectivity index (χ0) is 25.1. The quantitative estimate of drug-likeness (QED) is 0.185. The topological polar surface area (TPSA) is 109 Å². The van der Waals surface area contributed by atoms with E-state index in [0.717, 1.165) is 9.15 Å². The lowest BCUT2D eigenvalue weighted by molar-refractivity contribution is -0.386. The first-order valence-electron chi connectivity index (χ1n) is 10.2. The molecule has 0 aliphatic heterocycles. The van der Waals surface area contributed by atoms with Crippen LogP contribution in [0.15, 0.2) is 69.0 Å². The molecule has 0 aliphatic carbocycles. The molecule has 178 valence electrons. The van der Waals surface area contributed by atoms with Gasteiger partial charge in [-0.15, -0.1) is 0 Å². The van der Waals surface area contributed by atoms with Crippen molar-refractivity contribution in [3.8, 4) is 11.5 Å². The molecule has 0 radical (unpaired) electrons. The average Bonchev–Trinajstić information content (AvgIpc) is 2.84. The van der Waals surface area contributed by atoms with Gasteiger partial charge in [0.1, 0.15) is 18.2 Å². The molecule has 35 heavy (non-hydrogen) atoms. The first-order chi connectivity index (χ1) is 16.8. The van der Waals surface area contributed by atoms with Gasteiger partial charge in [0.15, 0.2) is 5.75 Å². The number of aryl methyl sites for hydroxylation is 1. The van der Waals surface area contributed by atoms with E-state index in [0.29, 0.717) is 27.9 Å². The van der Waals surface area contributed by atoms with E-state index < -0.39 is 10.7 Å². The number of nitro groups is 1. The number of fused-ring (bicyclic) bond motifs is 1. The summed E-state index contributed by atoms with van der Waals surface area (Å²) in [6, 6.07) is 13.5. The monoisotopic (exact) mass is 540 g/mol. The van der Waals surface area contributed by atoms with E-state index in [1.807, 2.05) is 0 Å². The van der Waals surface area contributed by atoms with Crippen LogP contribution in [0.25, 0.3) is 10.9 Å². The SMILES string of the molecule is COc1cc(C=Nn2c(C)nc3ccc(Br)cc3c2=O)cc([N+](=O)[O-])c1OCc1ccc(F)cc1. The molecule has 0 aliphatic rings. The minimum absolute atomic E-state index is 0.0299. The summed E-state index contributed by atoms with van der Waals surface area (Å²) < 4.78 is 25.9. The first kappa shape index (κ1) is 24.0. The van der Waals surface area contributed by atoms with Crippen molar-refractivity contribution in [1.82, 2.24) is 9.66 Å². The predicted molar refractivity (Wildman–Crippen MR) is 132 cm³/mol. The van der Waals surface area contributed by atoms with E-state index in [2.05, 4.69) is 26.0 Å². The molecule has 0 saturated heterocycles. The first-order valence-corrected chi connectivity index (χ1v) is 11.0. The van der Waals surface area contributed by atoms with E-state index >= 15 is 0 Å². The second-order valence-corrected chi connectivity index (χ2v) is 8.34. The van der Waals surface area contributed by atoms with Crippen molar-refractivity contribution in [3.05, 3.63) is 102 Å². The van der Waals surface area contributed by atoms with Gasteiger partial charge in [0, 0.05) is 16.1 Å². The third kappa shape index (κ3) is 5.19. The number of nitro benzene ring substituents is 1. The van der Waals surface area contributed by atoms with Gasteiger partial charge >= 0.3 is 5.69 Å². The Kier molecular flexibility index (Phi) is 6.87.